The fourth-order valence-electron chi connectivity index (χ4n) is 4.40. The van der Waals surface area contributed by atoms with Gasteiger partial charge in [-0.2, -0.15) is 0 Å². The van der Waals surface area contributed by atoms with Gasteiger partial charge in [-0.3, -0.25) is 9.98 Å². The zero-order chi connectivity index (χ0) is 24.2. The quantitative estimate of drug-likeness (QED) is 0.268. The van der Waals surface area contributed by atoms with Crippen molar-refractivity contribution in [2.24, 2.45) is 9.98 Å². The number of rotatable bonds is 9. The summed E-state index contributed by atoms with van der Waals surface area (Å²) >= 11 is 0. The van der Waals surface area contributed by atoms with E-state index in [0.29, 0.717) is 13.2 Å². The van der Waals surface area contributed by atoms with Crippen molar-refractivity contribution in [2.75, 3.05) is 39.4 Å². The largest absolute Gasteiger partial charge is 0.493 e. The van der Waals surface area contributed by atoms with E-state index in [1.165, 1.54) is 0 Å². The normalized spacial score (nSPS) is 14.0. The van der Waals surface area contributed by atoms with Crippen LogP contribution in [0, 0.1) is 0 Å². The molecule has 2 aliphatic rings. The smallest absolute Gasteiger partial charge is 0.135 e. The minimum Gasteiger partial charge on any atom is -0.493 e. The average molecular weight is 553 g/mol. The Morgan fingerprint density at radius 1 is 0.684 bits per heavy atom. The highest BCUT2D eigenvalue weighted by atomic mass is 35.5. The molecule has 7 nitrogen and oxygen atoms in total. The number of hydrogen-bond acceptors (Lipinski definition) is 7. The summed E-state index contributed by atoms with van der Waals surface area (Å²) in [7, 11) is 0. The van der Waals surface area contributed by atoms with Gasteiger partial charge in [-0.25, -0.2) is 0 Å². The molecule has 0 saturated heterocycles. The van der Waals surface area contributed by atoms with Gasteiger partial charge in [0.2, 0.25) is 0 Å². The minimum absolute atomic E-state index is 0. The first-order chi connectivity index (χ1) is 17.8. The molecule has 0 spiro atoms. The van der Waals surface area contributed by atoms with Gasteiger partial charge in [0.15, 0.2) is 0 Å². The van der Waals surface area contributed by atoms with Crippen LogP contribution in [-0.4, -0.2) is 51.1 Å². The molecule has 38 heavy (non-hydrogen) atoms. The molecule has 2 N–H and O–H groups in total. The molecule has 198 valence electrons. The Bertz CT molecular complexity index is 1430. The van der Waals surface area contributed by atoms with E-state index in [1.807, 2.05) is 60.7 Å². The predicted octanol–water partition coefficient (Wildman–Crippen LogP) is 5.49. The van der Waals surface area contributed by atoms with Crippen LogP contribution in [0.3, 0.4) is 0 Å². The van der Waals surface area contributed by atoms with Gasteiger partial charge in [0.25, 0.3) is 0 Å². The fourth-order valence-corrected chi connectivity index (χ4v) is 4.40. The van der Waals surface area contributed by atoms with Crippen molar-refractivity contribution in [3.05, 3.63) is 83.9 Å². The van der Waals surface area contributed by atoms with Crippen molar-refractivity contribution in [1.29, 1.82) is 0 Å². The molecule has 0 amide bonds. The molecule has 0 radical (unpaired) electrons. The zero-order valence-electron chi connectivity index (χ0n) is 20.8. The van der Waals surface area contributed by atoms with Crippen LogP contribution in [0.2, 0.25) is 0 Å². The maximum Gasteiger partial charge on any atom is 0.135 e. The molecule has 9 heteroatoms. The number of benzene rings is 3. The molecule has 3 heterocycles. The number of halogens is 2. The molecule has 0 saturated carbocycles. The van der Waals surface area contributed by atoms with Gasteiger partial charge in [-0.05, 0) is 60.7 Å². The highest BCUT2D eigenvalue weighted by Gasteiger charge is 2.12. The summed E-state index contributed by atoms with van der Waals surface area (Å²) in [6.07, 6.45) is 0.783. The average Bonchev–Trinajstić information content (AvgIpc) is 3.70. The van der Waals surface area contributed by atoms with Crippen molar-refractivity contribution in [1.82, 2.24) is 10.6 Å². The summed E-state index contributed by atoms with van der Waals surface area (Å²) in [6.45, 7) is 4.62. The summed E-state index contributed by atoms with van der Waals surface area (Å²) in [4.78, 5) is 8.95. The summed E-state index contributed by atoms with van der Waals surface area (Å²) in [6, 6.07) is 24.3. The lowest BCUT2D eigenvalue weighted by Crippen LogP contribution is -2.19. The van der Waals surface area contributed by atoms with Crippen molar-refractivity contribution in [2.45, 2.75) is 6.42 Å². The van der Waals surface area contributed by atoms with Crippen LogP contribution in [0.1, 0.15) is 17.5 Å². The second-order valence-electron chi connectivity index (χ2n) is 8.78. The van der Waals surface area contributed by atoms with Crippen LogP contribution >= 0.6 is 24.8 Å². The van der Waals surface area contributed by atoms with Crippen molar-refractivity contribution in [3.63, 3.8) is 0 Å². The van der Waals surface area contributed by atoms with E-state index in [9.17, 15) is 0 Å². The molecule has 0 atom stereocenters. The van der Waals surface area contributed by atoms with Crippen LogP contribution in [-0.2, 0) is 0 Å². The summed E-state index contributed by atoms with van der Waals surface area (Å²) in [5.74, 6) is 4.39. The van der Waals surface area contributed by atoms with E-state index in [0.717, 1.165) is 89.2 Å². The minimum atomic E-state index is 0. The first kappa shape index (κ1) is 27.4. The number of nitrogens with zero attached hydrogens (tertiary/aromatic N) is 2. The predicted molar refractivity (Wildman–Crippen MR) is 157 cm³/mol. The second-order valence-corrected chi connectivity index (χ2v) is 8.78. The highest BCUT2D eigenvalue weighted by Crippen LogP contribution is 2.30. The monoisotopic (exact) mass is 552 g/mol. The number of furan rings is 1. The number of hydrogen-bond donors (Lipinski definition) is 2. The van der Waals surface area contributed by atoms with Gasteiger partial charge in [0, 0.05) is 41.6 Å². The Balaban J connectivity index is 0.00000168. The van der Waals surface area contributed by atoms with Crippen molar-refractivity contribution >= 4 is 47.5 Å². The Morgan fingerprint density at radius 3 is 2.08 bits per heavy atom. The topological polar surface area (TPSA) is 80.4 Å². The molecule has 3 aromatic carbocycles. The third kappa shape index (κ3) is 6.23. The van der Waals surface area contributed by atoms with E-state index in [2.05, 4.69) is 32.8 Å². The molecular weight excluding hydrogens is 523 g/mol. The number of aliphatic imine (C=N–C) groups is 2. The molecule has 1 aromatic heterocycles. The summed E-state index contributed by atoms with van der Waals surface area (Å²) < 4.78 is 18.0. The maximum absolute atomic E-state index is 6.11. The number of fused-ring (bicyclic) bond motifs is 1. The molecule has 4 aromatic rings. The third-order valence-electron chi connectivity index (χ3n) is 6.21. The summed E-state index contributed by atoms with van der Waals surface area (Å²) in [5, 5.41) is 7.66. The Labute approximate surface area is 234 Å². The molecule has 0 bridgehead atoms. The maximum atomic E-state index is 6.11. The van der Waals surface area contributed by atoms with E-state index >= 15 is 0 Å². The first-order valence-electron chi connectivity index (χ1n) is 12.4. The van der Waals surface area contributed by atoms with E-state index in [4.69, 9.17) is 13.9 Å². The molecule has 6 rings (SSSR count). The van der Waals surface area contributed by atoms with Crippen molar-refractivity contribution < 1.29 is 13.9 Å². The van der Waals surface area contributed by atoms with Gasteiger partial charge in [-0.15, -0.1) is 24.8 Å². The lowest BCUT2D eigenvalue weighted by atomic mass is 10.1. The fraction of sp³-hybridized carbons (Fsp3) is 0.241. The SMILES string of the molecule is Cl.Cl.c1cc(OCCCOc2ccc(C3=NCCN3)cc2)cc(-c2cc3cc(C4=NCCN4)ccc3o2)c1. The van der Waals surface area contributed by atoms with Crippen LogP contribution in [0.4, 0.5) is 0 Å². The Morgan fingerprint density at radius 2 is 1.37 bits per heavy atom. The Kier molecular flexibility index (Phi) is 9.15. The van der Waals surface area contributed by atoms with Gasteiger partial charge >= 0.3 is 0 Å². The zero-order valence-corrected chi connectivity index (χ0v) is 22.4. The van der Waals surface area contributed by atoms with Crippen LogP contribution < -0.4 is 20.1 Å². The van der Waals surface area contributed by atoms with E-state index < -0.39 is 0 Å². The van der Waals surface area contributed by atoms with Gasteiger partial charge in [0.05, 0.1) is 26.3 Å². The van der Waals surface area contributed by atoms with Crippen LogP contribution in [0.15, 0.2) is 87.2 Å². The van der Waals surface area contributed by atoms with Crippen LogP contribution in [0.5, 0.6) is 11.5 Å². The lowest BCUT2D eigenvalue weighted by molar-refractivity contribution is 0.247. The third-order valence-corrected chi connectivity index (χ3v) is 6.21. The van der Waals surface area contributed by atoms with E-state index in [-0.39, 0.29) is 24.8 Å². The highest BCUT2D eigenvalue weighted by molar-refractivity contribution is 6.02. The van der Waals surface area contributed by atoms with E-state index in [1.54, 1.807) is 0 Å². The molecular formula is C29H30Cl2N4O3. The molecule has 0 unspecified atom stereocenters. The molecule has 2 aliphatic heterocycles. The van der Waals surface area contributed by atoms with Gasteiger partial charge in [0.1, 0.15) is 34.5 Å². The van der Waals surface area contributed by atoms with Gasteiger partial charge < -0.3 is 24.5 Å². The number of nitrogens with one attached hydrogen (secondary N) is 2. The summed E-state index contributed by atoms with van der Waals surface area (Å²) in [5.41, 5.74) is 4.02. The first-order valence-corrected chi connectivity index (χ1v) is 12.4. The second kappa shape index (κ2) is 12.7. The number of amidine groups is 2. The van der Waals surface area contributed by atoms with Gasteiger partial charge in [-0.1, -0.05) is 12.1 Å². The Hall–Kier alpha value is -3.68. The van der Waals surface area contributed by atoms with Crippen molar-refractivity contribution in [3.8, 4) is 22.8 Å². The number of ether oxygens (including phenoxy) is 2. The standard InChI is InChI=1S/C29H28N4O3.2ClH/c1-3-21(27-19-23-17-22(7-10-26(23)36-27)29-32-13-14-33-29)18-25(4-1)35-16-2-15-34-24-8-5-20(6-9-24)28-30-11-12-31-28;;/h1,3-10,17-19H,2,11-16H2,(H,30,31)(H,32,33);2*1H. The lowest BCUT2D eigenvalue weighted by Gasteiger charge is -2.09. The molecule has 0 aliphatic carbocycles. The molecule has 0 fully saturated rings. The van der Waals surface area contributed by atoms with Crippen LogP contribution in [0.25, 0.3) is 22.3 Å².